The van der Waals surface area contributed by atoms with Crippen LogP contribution in [-0.2, 0) is 19.0 Å². The Morgan fingerprint density at radius 2 is 2.14 bits per heavy atom. The Labute approximate surface area is 169 Å². The predicted molar refractivity (Wildman–Crippen MR) is 106 cm³/mol. The molecule has 1 aliphatic rings. The van der Waals surface area contributed by atoms with Crippen LogP contribution < -0.4 is 0 Å². The highest BCUT2D eigenvalue weighted by atomic mass is 16.7. The van der Waals surface area contributed by atoms with Gasteiger partial charge in [0.25, 0.3) is 0 Å². The highest BCUT2D eigenvalue weighted by molar-refractivity contribution is 5.89. The molecule has 29 heavy (non-hydrogen) atoms. The molecule has 2 atom stereocenters. The van der Waals surface area contributed by atoms with Crippen LogP contribution in [0, 0.1) is 11.3 Å². The van der Waals surface area contributed by atoms with Gasteiger partial charge < -0.3 is 19.3 Å². The lowest BCUT2D eigenvalue weighted by Crippen LogP contribution is -2.27. The standard InChI is InChI=1S/C21H26N2O6/c1-20(2,3)29-19(26)23-17-8-6-14(9-15(17)11-22-23)5-7-16-10-21(16,18(24)25)12-28-13-27-4/h5-9,11,16H,10,12-13H2,1-4H3,(H,24,25). The lowest BCUT2D eigenvalue weighted by molar-refractivity contribution is -0.148. The van der Waals surface area contributed by atoms with Gasteiger partial charge in [-0.05, 0) is 50.8 Å². The first kappa shape index (κ1) is 21.0. The van der Waals surface area contributed by atoms with Crippen LogP contribution in [0.4, 0.5) is 4.79 Å². The summed E-state index contributed by atoms with van der Waals surface area (Å²) in [6.45, 7) is 5.59. The average molecular weight is 402 g/mol. The van der Waals surface area contributed by atoms with E-state index >= 15 is 0 Å². The van der Waals surface area contributed by atoms with E-state index in [1.807, 2.05) is 24.3 Å². The van der Waals surface area contributed by atoms with Crippen molar-refractivity contribution in [3.05, 3.63) is 36.0 Å². The molecule has 156 valence electrons. The topological polar surface area (TPSA) is 99.9 Å². The summed E-state index contributed by atoms with van der Waals surface area (Å²) in [4.78, 5) is 23.9. The van der Waals surface area contributed by atoms with Gasteiger partial charge in [-0.1, -0.05) is 18.2 Å². The van der Waals surface area contributed by atoms with E-state index in [4.69, 9.17) is 14.2 Å². The van der Waals surface area contributed by atoms with E-state index in [0.717, 1.165) is 10.9 Å². The predicted octanol–water partition coefficient (Wildman–Crippen LogP) is 3.54. The highest BCUT2D eigenvalue weighted by Crippen LogP contribution is 2.54. The summed E-state index contributed by atoms with van der Waals surface area (Å²) >= 11 is 0. The molecule has 0 bridgehead atoms. The zero-order valence-corrected chi connectivity index (χ0v) is 17.0. The fourth-order valence-corrected chi connectivity index (χ4v) is 3.20. The molecule has 1 heterocycles. The summed E-state index contributed by atoms with van der Waals surface area (Å²) < 4.78 is 16.7. The molecule has 8 nitrogen and oxygen atoms in total. The van der Waals surface area contributed by atoms with Crippen LogP contribution in [-0.4, -0.2) is 53.1 Å². The average Bonchev–Trinajstić information content (AvgIpc) is 3.18. The molecule has 0 spiro atoms. The minimum atomic E-state index is -0.888. The van der Waals surface area contributed by atoms with Crippen molar-refractivity contribution in [1.29, 1.82) is 0 Å². The van der Waals surface area contributed by atoms with Crippen molar-refractivity contribution in [3.8, 4) is 0 Å². The van der Waals surface area contributed by atoms with E-state index in [-0.39, 0.29) is 19.3 Å². The van der Waals surface area contributed by atoms with Crippen LogP contribution in [0.1, 0.15) is 32.8 Å². The molecule has 2 unspecified atom stereocenters. The van der Waals surface area contributed by atoms with Crippen LogP contribution in [0.5, 0.6) is 0 Å². The Bertz CT molecular complexity index is 942. The summed E-state index contributed by atoms with van der Waals surface area (Å²) in [5, 5.41) is 14.5. The zero-order valence-electron chi connectivity index (χ0n) is 17.0. The van der Waals surface area contributed by atoms with E-state index in [1.165, 1.54) is 11.8 Å². The van der Waals surface area contributed by atoms with E-state index in [1.54, 1.807) is 33.0 Å². The molecule has 1 saturated carbocycles. The van der Waals surface area contributed by atoms with Crippen LogP contribution in [0.25, 0.3) is 17.0 Å². The number of rotatable bonds is 7. The Morgan fingerprint density at radius 1 is 1.38 bits per heavy atom. The van der Waals surface area contributed by atoms with Gasteiger partial charge in [0.2, 0.25) is 0 Å². The first-order valence-corrected chi connectivity index (χ1v) is 9.36. The number of aromatic nitrogens is 2. The van der Waals surface area contributed by atoms with Crippen LogP contribution in [0.15, 0.2) is 30.5 Å². The number of hydrogen-bond donors (Lipinski definition) is 1. The van der Waals surface area contributed by atoms with E-state index in [2.05, 4.69) is 5.10 Å². The second kappa shape index (κ2) is 7.96. The van der Waals surface area contributed by atoms with Crippen molar-refractivity contribution in [3.63, 3.8) is 0 Å². The number of fused-ring (bicyclic) bond motifs is 1. The van der Waals surface area contributed by atoms with E-state index < -0.39 is 23.1 Å². The second-order valence-corrected chi connectivity index (χ2v) is 8.24. The van der Waals surface area contributed by atoms with Gasteiger partial charge in [-0.25, -0.2) is 4.79 Å². The first-order valence-electron chi connectivity index (χ1n) is 9.36. The quantitative estimate of drug-likeness (QED) is 0.558. The molecular weight excluding hydrogens is 376 g/mol. The van der Waals surface area contributed by atoms with Crippen molar-refractivity contribution in [2.45, 2.75) is 32.8 Å². The van der Waals surface area contributed by atoms with Crippen molar-refractivity contribution in [2.24, 2.45) is 11.3 Å². The number of ether oxygens (including phenoxy) is 3. The number of allylic oxidation sites excluding steroid dienone is 1. The maximum absolute atomic E-state index is 12.3. The normalized spacial score (nSPS) is 21.6. The molecule has 1 aliphatic carbocycles. The molecule has 8 heteroatoms. The molecule has 0 saturated heterocycles. The third-order valence-corrected chi connectivity index (χ3v) is 4.80. The molecule has 0 amide bonds. The summed E-state index contributed by atoms with van der Waals surface area (Å²) in [5.74, 6) is -0.964. The van der Waals surface area contributed by atoms with Gasteiger partial charge >= 0.3 is 12.1 Å². The number of benzene rings is 1. The van der Waals surface area contributed by atoms with Gasteiger partial charge in [-0.15, -0.1) is 0 Å². The van der Waals surface area contributed by atoms with Crippen molar-refractivity contribution in [1.82, 2.24) is 9.78 Å². The number of carbonyl (C=O) groups is 2. The fraction of sp³-hybridized carbons (Fsp3) is 0.476. The molecule has 1 aromatic carbocycles. The lowest BCUT2D eigenvalue weighted by Gasteiger charge is -2.19. The third-order valence-electron chi connectivity index (χ3n) is 4.80. The van der Waals surface area contributed by atoms with Gasteiger partial charge in [0.15, 0.2) is 0 Å². The van der Waals surface area contributed by atoms with Gasteiger partial charge in [0.1, 0.15) is 12.4 Å². The Kier molecular flexibility index (Phi) is 5.77. The maximum atomic E-state index is 12.3. The Balaban J connectivity index is 1.72. The fourth-order valence-electron chi connectivity index (χ4n) is 3.20. The number of carboxylic acid groups (broad SMARTS) is 1. The molecule has 2 aromatic rings. The minimum absolute atomic E-state index is 0.0732. The van der Waals surface area contributed by atoms with Gasteiger partial charge in [0, 0.05) is 12.5 Å². The number of methoxy groups -OCH3 is 1. The monoisotopic (exact) mass is 402 g/mol. The molecule has 1 N–H and O–H groups in total. The minimum Gasteiger partial charge on any atom is -0.481 e. The number of carbonyl (C=O) groups excluding carboxylic acids is 1. The molecule has 0 aliphatic heterocycles. The van der Waals surface area contributed by atoms with Gasteiger partial charge in [-0.2, -0.15) is 9.78 Å². The smallest absolute Gasteiger partial charge is 0.435 e. The number of nitrogens with zero attached hydrogens (tertiary/aromatic N) is 2. The van der Waals surface area contributed by atoms with E-state index in [9.17, 15) is 14.7 Å². The highest BCUT2D eigenvalue weighted by Gasteiger charge is 2.59. The van der Waals surface area contributed by atoms with Gasteiger partial charge in [-0.3, -0.25) is 4.79 Å². The van der Waals surface area contributed by atoms with Crippen molar-refractivity contribution < 1.29 is 28.9 Å². The second-order valence-electron chi connectivity index (χ2n) is 8.24. The van der Waals surface area contributed by atoms with Gasteiger partial charge in [0.05, 0.1) is 23.7 Å². The molecule has 1 fully saturated rings. The lowest BCUT2D eigenvalue weighted by atomic mass is 10.0. The number of hydrogen-bond acceptors (Lipinski definition) is 6. The van der Waals surface area contributed by atoms with Crippen LogP contribution in [0.2, 0.25) is 0 Å². The summed E-state index contributed by atoms with van der Waals surface area (Å²) in [6, 6.07) is 5.55. The number of aliphatic carboxylic acids is 1. The molecular formula is C21H26N2O6. The van der Waals surface area contributed by atoms with Crippen molar-refractivity contribution >= 4 is 29.0 Å². The SMILES string of the molecule is COCOCC1(C(=O)O)CC1C=Cc1ccc2c(cnn2C(=O)OC(C)(C)C)c1. The first-order chi connectivity index (χ1) is 13.7. The third kappa shape index (κ3) is 4.65. The molecule has 1 aromatic heterocycles. The Hall–Kier alpha value is -2.71. The number of carboxylic acids is 1. The molecule has 0 radical (unpaired) electrons. The van der Waals surface area contributed by atoms with E-state index in [0.29, 0.717) is 11.9 Å². The van der Waals surface area contributed by atoms with Crippen molar-refractivity contribution in [2.75, 3.05) is 20.5 Å². The molecule has 3 rings (SSSR count). The summed E-state index contributed by atoms with van der Waals surface area (Å²) in [5.41, 5.74) is 0.0491. The largest absolute Gasteiger partial charge is 0.481 e. The zero-order chi connectivity index (χ0) is 21.2. The Morgan fingerprint density at radius 3 is 2.79 bits per heavy atom. The van der Waals surface area contributed by atoms with Crippen LogP contribution >= 0.6 is 0 Å². The summed E-state index contributed by atoms with van der Waals surface area (Å²) in [6.07, 6.45) is 5.38. The van der Waals surface area contributed by atoms with Crippen LogP contribution in [0.3, 0.4) is 0 Å². The maximum Gasteiger partial charge on any atom is 0.435 e. The summed E-state index contributed by atoms with van der Waals surface area (Å²) in [7, 11) is 1.50.